The molecule has 1 N–H and O–H groups in total. The maximum absolute atomic E-state index is 12.4. The van der Waals surface area contributed by atoms with Crippen molar-refractivity contribution in [2.45, 2.75) is 44.8 Å². The van der Waals surface area contributed by atoms with Crippen molar-refractivity contribution >= 4 is 15.8 Å². The number of fused-ring (bicyclic) bond motifs is 1. The highest BCUT2D eigenvalue weighted by Gasteiger charge is 2.32. The van der Waals surface area contributed by atoms with E-state index in [9.17, 15) is 13.2 Å². The lowest BCUT2D eigenvalue weighted by Crippen LogP contribution is -2.23. The molecule has 20 heavy (non-hydrogen) atoms. The molecule has 1 aliphatic rings. The summed E-state index contributed by atoms with van der Waals surface area (Å²) in [6.45, 7) is 4.00. The van der Waals surface area contributed by atoms with Crippen LogP contribution in [0.25, 0.3) is 0 Å². The van der Waals surface area contributed by atoms with Crippen molar-refractivity contribution in [3.05, 3.63) is 34.4 Å². The van der Waals surface area contributed by atoms with E-state index < -0.39 is 21.1 Å². The number of sulfone groups is 1. The predicted molar refractivity (Wildman–Crippen MR) is 77.6 cm³/mol. The van der Waals surface area contributed by atoms with E-state index in [4.69, 9.17) is 5.11 Å². The summed E-state index contributed by atoms with van der Waals surface area (Å²) in [4.78, 5) is 10.6. The summed E-state index contributed by atoms with van der Waals surface area (Å²) < 4.78 is 24.8. The van der Waals surface area contributed by atoms with Crippen LogP contribution in [0.15, 0.2) is 12.1 Å². The molecule has 0 amide bonds. The van der Waals surface area contributed by atoms with E-state index in [0.717, 1.165) is 29.5 Å². The van der Waals surface area contributed by atoms with Gasteiger partial charge in [0, 0.05) is 0 Å². The molecule has 4 nitrogen and oxygen atoms in total. The van der Waals surface area contributed by atoms with Gasteiger partial charge in [-0.3, -0.25) is 4.79 Å². The summed E-state index contributed by atoms with van der Waals surface area (Å²) in [6, 6.07) is 4.04. The topological polar surface area (TPSA) is 71.4 Å². The minimum absolute atomic E-state index is 0.278. The van der Waals surface area contributed by atoms with Crippen molar-refractivity contribution in [2.24, 2.45) is 0 Å². The highest BCUT2D eigenvalue weighted by atomic mass is 32.2. The van der Waals surface area contributed by atoms with Gasteiger partial charge in [-0.05, 0) is 55.4 Å². The highest BCUT2D eigenvalue weighted by molar-refractivity contribution is 7.91. The van der Waals surface area contributed by atoms with Gasteiger partial charge in [0.15, 0.2) is 9.84 Å². The van der Waals surface area contributed by atoms with E-state index >= 15 is 0 Å². The fourth-order valence-electron chi connectivity index (χ4n) is 2.79. The van der Waals surface area contributed by atoms with Crippen LogP contribution in [0, 0.1) is 13.8 Å². The Morgan fingerprint density at radius 1 is 1.30 bits per heavy atom. The van der Waals surface area contributed by atoms with Gasteiger partial charge in [0.2, 0.25) is 0 Å². The van der Waals surface area contributed by atoms with E-state index in [1.807, 2.05) is 19.9 Å². The molecule has 0 aliphatic heterocycles. The standard InChI is InChI=1S/C15H20O4S/c1-10-8-12-4-3-5-14(13(12)9-11(10)2)20(18,19)7-6-15(16)17/h8-9,14H,3-7H2,1-2H3,(H,16,17). The Balaban J connectivity index is 2.37. The van der Waals surface area contributed by atoms with Crippen molar-refractivity contribution in [3.63, 3.8) is 0 Å². The van der Waals surface area contributed by atoms with Gasteiger partial charge in [-0.15, -0.1) is 0 Å². The summed E-state index contributed by atoms with van der Waals surface area (Å²) >= 11 is 0. The maximum atomic E-state index is 12.4. The summed E-state index contributed by atoms with van der Waals surface area (Å²) in [7, 11) is -3.40. The fourth-order valence-corrected chi connectivity index (χ4v) is 4.67. The van der Waals surface area contributed by atoms with Crippen LogP contribution >= 0.6 is 0 Å². The first-order valence-electron chi connectivity index (χ1n) is 6.84. The van der Waals surface area contributed by atoms with Crippen LogP contribution in [0.1, 0.15) is 46.8 Å². The lowest BCUT2D eigenvalue weighted by Gasteiger charge is -2.26. The molecule has 1 aliphatic carbocycles. The summed E-state index contributed by atoms with van der Waals surface area (Å²) in [5, 5.41) is 8.15. The molecule has 0 spiro atoms. The first-order valence-corrected chi connectivity index (χ1v) is 8.56. The first kappa shape index (κ1) is 15.0. The molecule has 110 valence electrons. The van der Waals surface area contributed by atoms with Gasteiger partial charge in [-0.2, -0.15) is 0 Å². The number of carboxylic acid groups (broad SMARTS) is 1. The Kier molecular flexibility index (Phi) is 4.18. The van der Waals surface area contributed by atoms with E-state index in [0.29, 0.717) is 6.42 Å². The van der Waals surface area contributed by atoms with Crippen LogP contribution in [-0.4, -0.2) is 25.2 Å². The predicted octanol–water partition coefficient (Wildman–Crippen LogP) is 2.57. The highest BCUT2D eigenvalue weighted by Crippen LogP contribution is 2.37. The van der Waals surface area contributed by atoms with Gasteiger partial charge in [-0.1, -0.05) is 12.1 Å². The second-order valence-electron chi connectivity index (χ2n) is 5.53. The molecule has 1 aromatic carbocycles. The zero-order chi connectivity index (χ0) is 14.9. The van der Waals surface area contributed by atoms with Crippen LogP contribution in [0.5, 0.6) is 0 Å². The average molecular weight is 296 g/mol. The number of carboxylic acids is 1. The monoisotopic (exact) mass is 296 g/mol. The number of rotatable bonds is 4. The van der Waals surface area contributed by atoms with Crippen molar-refractivity contribution in [1.29, 1.82) is 0 Å². The molecular formula is C15H20O4S. The van der Waals surface area contributed by atoms with Gasteiger partial charge in [0.25, 0.3) is 0 Å². The first-order chi connectivity index (χ1) is 9.31. The quantitative estimate of drug-likeness (QED) is 0.927. The number of hydrogen-bond acceptors (Lipinski definition) is 3. The van der Waals surface area contributed by atoms with Crippen molar-refractivity contribution in [3.8, 4) is 0 Å². The molecule has 0 saturated heterocycles. The van der Waals surface area contributed by atoms with Crippen LogP contribution < -0.4 is 0 Å². The third-order valence-corrected chi connectivity index (χ3v) is 6.18. The molecule has 2 rings (SSSR count). The molecule has 0 aromatic heterocycles. The van der Waals surface area contributed by atoms with Crippen LogP contribution in [0.2, 0.25) is 0 Å². The van der Waals surface area contributed by atoms with E-state index in [-0.39, 0.29) is 12.2 Å². The third-order valence-electron chi connectivity index (χ3n) is 4.05. The number of carbonyl (C=O) groups is 1. The molecule has 0 saturated carbocycles. The minimum atomic E-state index is -3.40. The lowest BCUT2D eigenvalue weighted by atomic mass is 9.88. The van der Waals surface area contributed by atoms with Crippen LogP contribution in [-0.2, 0) is 21.1 Å². The minimum Gasteiger partial charge on any atom is -0.481 e. The number of aryl methyl sites for hydroxylation is 3. The average Bonchev–Trinajstić information content (AvgIpc) is 2.37. The Morgan fingerprint density at radius 3 is 2.60 bits per heavy atom. The molecular weight excluding hydrogens is 276 g/mol. The zero-order valence-electron chi connectivity index (χ0n) is 11.8. The Labute approximate surface area is 119 Å². The van der Waals surface area contributed by atoms with E-state index in [1.165, 1.54) is 5.56 Å². The molecule has 1 atom stereocenters. The molecule has 0 heterocycles. The van der Waals surface area contributed by atoms with Crippen molar-refractivity contribution in [2.75, 3.05) is 5.75 Å². The SMILES string of the molecule is Cc1cc2c(cc1C)C(S(=O)(=O)CCC(=O)O)CCC2. The Morgan fingerprint density at radius 2 is 1.95 bits per heavy atom. The summed E-state index contributed by atoms with van der Waals surface area (Å²) in [5.74, 6) is -1.34. The van der Waals surface area contributed by atoms with Gasteiger partial charge in [0.05, 0.1) is 17.4 Å². The van der Waals surface area contributed by atoms with Crippen LogP contribution in [0.3, 0.4) is 0 Å². The number of aliphatic carboxylic acids is 1. The molecule has 1 unspecified atom stereocenters. The van der Waals surface area contributed by atoms with Gasteiger partial charge in [0.1, 0.15) is 0 Å². The summed E-state index contributed by atoms with van der Waals surface area (Å²) in [6.07, 6.45) is 2.02. The summed E-state index contributed by atoms with van der Waals surface area (Å²) in [5.41, 5.74) is 4.24. The second-order valence-corrected chi connectivity index (χ2v) is 7.83. The largest absolute Gasteiger partial charge is 0.481 e. The Bertz CT molecular complexity index is 632. The van der Waals surface area contributed by atoms with Crippen LogP contribution in [0.4, 0.5) is 0 Å². The second kappa shape index (κ2) is 5.56. The smallest absolute Gasteiger partial charge is 0.304 e. The number of benzene rings is 1. The van der Waals surface area contributed by atoms with Gasteiger partial charge >= 0.3 is 5.97 Å². The maximum Gasteiger partial charge on any atom is 0.304 e. The normalized spacial score (nSPS) is 18.6. The van der Waals surface area contributed by atoms with Crippen molar-refractivity contribution in [1.82, 2.24) is 0 Å². The van der Waals surface area contributed by atoms with E-state index in [2.05, 4.69) is 6.07 Å². The van der Waals surface area contributed by atoms with Crippen molar-refractivity contribution < 1.29 is 18.3 Å². The van der Waals surface area contributed by atoms with Gasteiger partial charge in [-0.25, -0.2) is 8.42 Å². The van der Waals surface area contributed by atoms with Gasteiger partial charge < -0.3 is 5.11 Å². The molecule has 1 aromatic rings. The molecule has 0 radical (unpaired) electrons. The molecule has 0 bridgehead atoms. The lowest BCUT2D eigenvalue weighted by molar-refractivity contribution is -0.136. The molecule has 0 fully saturated rings. The zero-order valence-corrected chi connectivity index (χ0v) is 12.7. The number of hydrogen-bond donors (Lipinski definition) is 1. The fraction of sp³-hybridized carbons (Fsp3) is 0.533. The molecule has 5 heteroatoms. The van der Waals surface area contributed by atoms with E-state index in [1.54, 1.807) is 0 Å². The Hall–Kier alpha value is -1.36. The third kappa shape index (κ3) is 3.03.